The molecule has 0 spiro atoms. The van der Waals surface area contributed by atoms with E-state index in [-0.39, 0.29) is 31.5 Å². The second kappa shape index (κ2) is 57.9. The van der Waals surface area contributed by atoms with Gasteiger partial charge in [-0.05, 0) is 115 Å². The molecule has 0 bridgehead atoms. The van der Waals surface area contributed by atoms with Crippen LogP contribution in [0.25, 0.3) is 0 Å². The Hall–Kier alpha value is -3.33. The van der Waals surface area contributed by atoms with Gasteiger partial charge in [0, 0.05) is 12.8 Å². The maximum Gasteiger partial charge on any atom is 0.472 e. The topological polar surface area (TPSA) is 111 Å². The molecule has 454 valence electrons. The minimum Gasteiger partial charge on any atom is -0.456 e. The number of esters is 1. The monoisotopic (exact) mass is 1120 g/mol. The van der Waals surface area contributed by atoms with Crippen LogP contribution in [-0.2, 0) is 27.9 Å². The number of rotatable bonds is 57. The summed E-state index contributed by atoms with van der Waals surface area (Å²) in [6.07, 6.45) is 79.3. The molecular formula is C69H122N2O7P+. The number of likely N-dealkylation sites (N-methyl/N-ethyl adjacent to an activating group) is 1. The third kappa shape index (κ3) is 59.1. The molecule has 0 saturated carbocycles. The summed E-state index contributed by atoms with van der Waals surface area (Å²) in [6, 6.07) is -0.871. The van der Waals surface area contributed by atoms with Crippen molar-refractivity contribution < 1.29 is 37.3 Å². The van der Waals surface area contributed by atoms with Gasteiger partial charge in [-0.15, -0.1) is 0 Å². The van der Waals surface area contributed by atoms with Crippen LogP contribution in [0.4, 0.5) is 0 Å². The first-order valence-corrected chi connectivity index (χ1v) is 33.7. The molecule has 10 heteroatoms. The molecular weight excluding hydrogens is 1000 g/mol. The lowest BCUT2D eigenvalue weighted by molar-refractivity contribution is -0.870. The van der Waals surface area contributed by atoms with Crippen LogP contribution in [-0.4, -0.2) is 74.3 Å². The number of phosphoric acid groups is 1. The number of carbonyl (C=O) groups is 2. The summed E-state index contributed by atoms with van der Waals surface area (Å²) < 4.78 is 30.7. The molecule has 3 unspecified atom stereocenters. The minimum absolute atomic E-state index is 0.0286. The lowest BCUT2D eigenvalue weighted by Gasteiger charge is -2.27. The van der Waals surface area contributed by atoms with Crippen LogP contribution in [0.15, 0.2) is 109 Å². The molecule has 0 aliphatic heterocycles. The molecule has 1 amide bonds. The molecule has 0 aromatic rings. The molecule has 0 saturated heterocycles. The second-order valence-corrected chi connectivity index (χ2v) is 24.0. The fourth-order valence-corrected chi connectivity index (χ4v) is 9.47. The molecule has 0 aliphatic carbocycles. The van der Waals surface area contributed by atoms with Crippen LogP contribution in [0.3, 0.4) is 0 Å². The molecule has 9 nitrogen and oxygen atoms in total. The standard InChI is InChI=1S/C69H121N2O7P/c1-7-10-13-16-19-22-25-28-30-32-34-35-37-39-41-44-47-50-53-56-59-62-69(73)78-67(60-57-54-51-48-45-42-27-24-21-18-15-12-9-3)66(65-77-79(74,75)76-64-63-71(4,5)6)70-68(72)61-58-55-52-49-46-43-40-38-36-33-31-29-26-23-20-17-14-11-8-2/h10,13,19-20,22-23,28-31,34-36,38-39,41,57,60,66-67H,7-9,11-12,14-18,21,24-27,32-33,37,40,42-56,58-59,61-65H2,1-6H3,(H-,70,72,74,75)/p+1/b13-10-,22-19-,23-20-,30-28-,31-29-,35-34-,38-36-,41-39-,60-57+. The van der Waals surface area contributed by atoms with Gasteiger partial charge in [0.25, 0.3) is 0 Å². The van der Waals surface area contributed by atoms with E-state index in [1.165, 1.54) is 83.5 Å². The molecule has 0 aliphatic rings. The first-order valence-electron chi connectivity index (χ1n) is 32.2. The van der Waals surface area contributed by atoms with E-state index < -0.39 is 20.0 Å². The van der Waals surface area contributed by atoms with Crippen molar-refractivity contribution in [3.8, 4) is 0 Å². The maximum absolute atomic E-state index is 13.6. The fraction of sp³-hybridized carbons (Fsp3) is 0.710. The molecule has 3 atom stereocenters. The highest BCUT2D eigenvalue weighted by Crippen LogP contribution is 2.43. The summed E-state index contributed by atoms with van der Waals surface area (Å²) in [5, 5.41) is 3.05. The Morgan fingerprint density at radius 2 is 0.810 bits per heavy atom. The largest absolute Gasteiger partial charge is 0.472 e. The normalized spacial score (nSPS) is 14.4. The van der Waals surface area contributed by atoms with E-state index in [0.29, 0.717) is 23.9 Å². The third-order valence-corrected chi connectivity index (χ3v) is 14.7. The highest BCUT2D eigenvalue weighted by molar-refractivity contribution is 7.47. The van der Waals surface area contributed by atoms with Gasteiger partial charge in [0.2, 0.25) is 5.91 Å². The second-order valence-electron chi connectivity index (χ2n) is 22.5. The number of phosphoric ester groups is 1. The number of nitrogens with one attached hydrogen (secondary N) is 1. The number of ether oxygens (including phenoxy) is 1. The molecule has 0 fully saturated rings. The lowest BCUT2D eigenvalue weighted by Crippen LogP contribution is -2.47. The van der Waals surface area contributed by atoms with Gasteiger partial charge in [-0.3, -0.25) is 18.6 Å². The summed E-state index contributed by atoms with van der Waals surface area (Å²) >= 11 is 0. The van der Waals surface area contributed by atoms with Gasteiger partial charge in [0.15, 0.2) is 0 Å². The van der Waals surface area contributed by atoms with E-state index in [1.807, 2.05) is 33.3 Å². The van der Waals surface area contributed by atoms with Crippen LogP contribution >= 0.6 is 7.82 Å². The van der Waals surface area contributed by atoms with Crippen molar-refractivity contribution in [1.82, 2.24) is 5.32 Å². The van der Waals surface area contributed by atoms with Crippen molar-refractivity contribution in [2.24, 2.45) is 0 Å². The van der Waals surface area contributed by atoms with Crippen molar-refractivity contribution in [2.45, 2.75) is 277 Å². The maximum atomic E-state index is 13.6. The summed E-state index contributed by atoms with van der Waals surface area (Å²) in [5.74, 6) is -0.545. The van der Waals surface area contributed by atoms with Crippen molar-refractivity contribution in [3.63, 3.8) is 0 Å². The molecule has 0 rings (SSSR count). The lowest BCUT2D eigenvalue weighted by atomic mass is 10.0. The number of allylic oxidation sites excluding steroid dienone is 17. The zero-order valence-corrected chi connectivity index (χ0v) is 52.7. The van der Waals surface area contributed by atoms with Crippen molar-refractivity contribution in [2.75, 3.05) is 40.9 Å². The Labute approximate surface area is 487 Å². The summed E-state index contributed by atoms with van der Waals surface area (Å²) in [6.45, 7) is 6.85. The van der Waals surface area contributed by atoms with Crippen molar-refractivity contribution in [3.05, 3.63) is 109 Å². The number of hydrogen-bond donors (Lipinski definition) is 2. The average molecular weight is 1120 g/mol. The van der Waals surface area contributed by atoms with Crippen LogP contribution in [0.2, 0.25) is 0 Å². The number of hydrogen-bond acceptors (Lipinski definition) is 6. The number of quaternary nitrogens is 1. The molecule has 0 aromatic carbocycles. The van der Waals surface area contributed by atoms with E-state index in [0.717, 1.165) is 141 Å². The summed E-state index contributed by atoms with van der Waals surface area (Å²) in [4.78, 5) is 37.8. The van der Waals surface area contributed by atoms with E-state index in [4.69, 9.17) is 13.8 Å². The zero-order chi connectivity index (χ0) is 57.9. The SMILES string of the molecule is CC/C=C\C/C=C\C/C=C\C/C=C\C/C=C\CCCCCCCC(=O)OC(/C=C/CCCCCCCCCCCCC)C(COP(=O)(O)OCC[N+](C)(C)C)NC(=O)CCCCCCCC/C=C\C/C=C\C/C=C\CCCCC. The van der Waals surface area contributed by atoms with E-state index in [9.17, 15) is 19.0 Å². The Morgan fingerprint density at radius 3 is 1.24 bits per heavy atom. The van der Waals surface area contributed by atoms with E-state index in [2.05, 4.69) is 123 Å². The molecule has 0 aromatic heterocycles. The van der Waals surface area contributed by atoms with Gasteiger partial charge in [-0.2, -0.15) is 0 Å². The highest BCUT2D eigenvalue weighted by Gasteiger charge is 2.30. The fourth-order valence-electron chi connectivity index (χ4n) is 8.74. The Kier molecular flexibility index (Phi) is 55.4. The molecule has 0 heterocycles. The third-order valence-electron chi connectivity index (χ3n) is 13.7. The van der Waals surface area contributed by atoms with Crippen molar-refractivity contribution >= 4 is 19.7 Å². The minimum atomic E-state index is -4.47. The van der Waals surface area contributed by atoms with Crippen LogP contribution in [0, 0.1) is 0 Å². The summed E-state index contributed by atoms with van der Waals surface area (Å²) in [7, 11) is 1.46. The van der Waals surface area contributed by atoms with Crippen molar-refractivity contribution in [1.29, 1.82) is 0 Å². The number of amides is 1. The highest BCUT2D eigenvalue weighted by atomic mass is 31.2. The predicted molar refractivity (Wildman–Crippen MR) is 341 cm³/mol. The van der Waals surface area contributed by atoms with Gasteiger partial charge in [0.1, 0.15) is 19.3 Å². The quantitative estimate of drug-likeness (QED) is 0.0205. The Balaban J connectivity index is 5.33. The zero-order valence-electron chi connectivity index (χ0n) is 51.8. The Morgan fingerprint density at radius 1 is 0.456 bits per heavy atom. The number of unbranched alkanes of at least 4 members (excludes halogenated alkanes) is 25. The number of nitrogens with zero attached hydrogens (tertiary/aromatic N) is 1. The van der Waals surface area contributed by atoms with Crippen LogP contribution < -0.4 is 5.32 Å². The van der Waals surface area contributed by atoms with Gasteiger partial charge in [0.05, 0.1) is 33.8 Å². The molecule has 2 N–H and O–H groups in total. The molecule has 0 radical (unpaired) electrons. The average Bonchev–Trinajstić information content (AvgIpc) is 3.41. The van der Waals surface area contributed by atoms with Gasteiger partial charge in [-0.1, -0.05) is 246 Å². The van der Waals surface area contributed by atoms with E-state index >= 15 is 0 Å². The van der Waals surface area contributed by atoms with Gasteiger partial charge < -0.3 is 19.4 Å². The predicted octanol–water partition coefficient (Wildman–Crippen LogP) is 20.1. The molecule has 79 heavy (non-hydrogen) atoms. The first kappa shape index (κ1) is 75.7. The smallest absolute Gasteiger partial charge is 0.456 e. The number of carbonyl (C=O) groups excluding carboxylic acids is 2. The van der Waals surface area contributed by atoms with E-state index in [1.54, 1.807) is 0 Å². The van der Waals surface area contributed by atoms with Gasteiger partial charge >= 0.3 is 13.8 Å². The van der Waals surface area contributed by atoms with Crippen LogP contribution in [0.1, 0.15) is 265 Å². The van der Waals surface area contributed by atoms with Gasteiger partial charge in [-0.25, -0.2) is 4.57 Å². The van der Waals surface area contributed by atoms with Crippen LogP contribution in [0.5, 0.6) is 0 Å². The first-order chi connectivity index (χ1) is 38.4. The summed E-state index contributed by atoms with van der Waals surface area (Å²) in [5.41, 5.74) is 0. The Bertz CT molecular complexity index is 1720.